The first-order valence-corrected chi connectivity index (χ1v) is 7.09. The van der Waals surface area contributed by atoms with Gasteiger partial charge in [-0.2, -0.15) is 0 Å². The Hall–Kier alpha value is -2.01. The number of esters is 1. The van der Waals surface area contributed by atoms with Crippen LogP contribution in [-0.2, 0) is 16.0 Å². The molecule has 0 aliphatic rings. The van der Waals surface area contributed by atoms with Crippen molar-refractivity contribution < 1.29 is 19.4 Å². The summed E-state index contributed by atoms with van der Waals surface area (Å²) in [7, 11) is 1.37. The first kappa shape index (κ1) is 14.4. The molecule has 5 heteroatoms. The van der Waals surface area contributed by atoms with Gasteiger partial charge in [-0.1, -0.05) is 12.1 Å². The van der Waals surface area contributed by atoms with Crippen LogP contribution in [0.2, 0.25) is 0 Å². The van der Waals surface area contributed by atoms with Crippen molar-refractivity contribution in [2.45, 2.75) is 6.42 Å². The molecule has 0 bridgehead atoms. The Morgan fingerprint density at radius 3 is 2.85 bits per heavy atom. The summed E-state index contributed by atoms with van der Waals surface area (Å²) in [5, 5.41) is 11.3. The summed E-state index contributed by atoms with van der Waals surface area (Å²) in [5.41, 5.74) is 0. The smallest absolute Gasteiger partial charge is 0.312 e. The van der Waals surface area contributed by atoms with E-state index < -0.39 is 0 Å². The molecule has 1 aromatic carbocycles. The Morgan fingerprint density at radius 2 is 2.20 bits per heavy atom. The van der Waals surface area contributed by atoms with Gasteiger partial charge in [0.05, 0.1) is 13.0 Å². The lowest BCUT2D eigenvalue weighted by molar-refractivity contribution is -0.146. The SMILES string of the molecule is COC(=O)C(COc1cccc(O)c1)Cc1cccs1. The molecule has 1 atom stereocenters. The molecule has 20 heavy (non-hydrogen) atoms. The van der Waals surface area contributed by atoms with Crippen LogP contribution in [0.1, 0.15) is 4.88 Å². The standard InChI is InChI=1S/C15H16O4S/c1-18-15(17)11(8-14-6-3-7-20-14)10-19-13-5-2-4-12(16)9-13/h2-7,9,11,16H,8,10H2,1H3. The largest absolute Gasteiger partial charge is 0.508 e. The van der Waals surface area contributed by atoms with Gasteiger partial charge in [0.2, 0.25) is 0 Å². The minimum absolute atomic E-state index is 0.135. The summed E-state index contributed by atoms with van der Waals surface area (Å²) in [4.78, 5) is 12.9. The molecule has 1 heterocycles. The highest BCUT2D eigenvalue weighted by atomic mass is 32.1. The predicted octanol–water partition coefficient (Wildman–Crippen LogP) is 2.86. The number of ether oxygens (including phenoxy) is 2. The van der Waals surface area contributed by atoms with Gasteiger partial charge in [-0.15, -0.1) is 11.3 Å². The van der Waals surface area contributed by atoms with Gasteiger partial charge in [-0.3, -0.25) is 4.79 Å². The fourth-order valence-corrected chi connectivity index (χ4v) is 2.61. The molecule has 0 radical (unpaired) electrons. The van der Waals surface area contributed by atoms with Crippen LogP contribution in [0.5, 0.6) is 11.5 Å². The minimum atomic E-state index is -0.360. The number of phenols is 1. The number of aromatic hydroxyl groups is 1. The van der Waals surface area contributed by atoms with Gasteiger partial charge in [0.1, 0.15) is 18.1 Å². The van der Waals surface area contributed by atoms with E-state index in [-0.39, 0.29) is 24.2 Å². The summed E-state index contributed by atoms with van der Waals surface area (Å²) in [6, 6.07) is 10.4. The van der Waals surface area contributed by atoms with Crippen molar-refractivity contribution in [2.24, 2.45) is 5.92 Å². The molecule has 4 nitrogen and oxygen atoms in total. The highest BCUT2D eigenvalue weighted by Gasteiger charge is 2.21. The molecule has 2 rings (SSSR count). The van der Waals surface area contributed by atoms with E-state index in [1.807, 2.05) is 17.5 Å². The van der Waals surface area contributed by atoms with Gasteiger partial charge in [0, 0.05) is 10.9 Å². The second-order valence-corrected chi connectivity index (χ2v) is 5.34. The first-order chi connectivity index (χ1) is 9.69. The third-order valence-electron chi connectivity index (χ3n) is 2.83. The highest BCUT2D eigenvalue weighted by molar-refractivity contribution is 7.09. The van der Waals surface area contributed by atoms with Crippen LogP contribution in [0.4, 0.5) is 0 Å². The average Bonchev–Trinajstić information content (AvgIpc) is 2.95. The molecule has 0 amide bonds. The van der Waals surface area contributed by atoms with Crippen LogP contribution in [0.15, 0.2) is 41.8 Å². The van der Waals surface area contributed by atoms with Gasteiger partial charge in [-0.05, 0) is 30.0 Å². The summed E-state index contributed by atoms with van der Waals surface area (Å²) in [6.07, 6.45) is 0.586. The predicted molar refractivity (Wildman–Crippen MR) is 77.1 cm³/mol. The molecule has 1 aromatic heterocycles. The number of hydrogen-bond acceptors (Lipinski definition) is 5. The lowest BCUT2D eigenvalue weighted by atomic mass is 10.1. The van der Waals surface area contributed by atoms with E-state index in [9.17, 15) is 9.90 Å². The van der Waals surface area contributed by atoms with Gasteiger partial charge in [-0.25, -0.2) is 0 Å². The van der Waals surface area contributed by atoms with Crippen molar-refractivity contribution in [1.82, 2.24) is 0 Å². The summed E-state index contributed by atoms with van der Waals surface area (Å²) >= 11 is 1.60. The Balaban J connectivity index is 1.99. The van der Waals surface area contributed by atoms with Crippen LogP contribution in [0, 0.1) is 5.92 Å². The number of methoxy groups -OCH3 is 1. The molecule has 1 unspecified atom stereocenters. The normalized spacial score (nSPS) is 11.8. The molecule has 0 saturated carbocycles. The minimum Gasteiger partial charge on any atom is -0.508 e. The number of benzene rings is 1. The van der Waals surface area contributed by atoms with E-state index >= 15 is 0 Å². The summed E-state index contributed by atoms with van der Waals surface area (Å²) in [5.74, 6) is 0.0139. The molecule has 1 N–H and O–H groups in total. The Kier molecular flexibility index (Phi) is 5.01. The second kappa shape index (κ2) is 6.96. The van der Waals surface area contributed by atoms with Crippen LogP contribution >= 0.6 is 11.3 Å². The van der Waals surface area contributed by atoms with Crippen molar-refractivity contribution >= 4 is 17.3 Å². The third-order valence-corrected chi connectivity index (χ3v) is 3.73. The van der Waals surface area contributed by atoms with E-state index in [4.69, 9.17) is 9.47 Å². The van der Waals surface area contributed by atoms with Gasteiger partial charge < -0.3 is 14.6 Å². The fourth-order valence-electron chi connectivity index (χ4n) is 1.82. The van der Waals surface area contributed by atoms with Crippen LogP contribution in [0.3, 0.4) is 0 Å². The van der Waals surface area contributed by atoms with Gasteiger partial charge in [0.15, 0.2) is 0 Å². The average molecular weight is 292 g/mol. The maximum atomic E-state index is 11.8. The van der Waals surface area contributed by atoms with E-state index in [1.54, 1.807) is 29.5 Å². The monoisotopic (exact) mass is 292 g/mol. The van der Waals surface area contributed by atoms with Crippen molar-refractivity contribution in [2.75, 3.05) is 13.7 Å². The van der Waals surface area contributed by atoms with Crippen molar-refractivity contribution in [1.29, 1.82) is 0 Å². The Morgan fingerprint density at radius 1 is 1.35 bits per heavy atom. The molecule has 0 fully saturated rings. The molecule has 0 spiro atoms. The fraction of sp³-hybridized carbons (Fsp3) is 0.267. The number of phenolic OH excluding ortho intramolecular Hbond substituents is 1. The third kappa shape index (κ3) is 3.99. The lowest BCUT2D eigenvalue weighted by Crippen LogP contribution is -2.25. The van der Waals surface area contributed by atoms with Crippen LogP contribution in [0.25, 0.3) is 0 Å². The second-order valence-electron chi connectivity index (χ2n) is 4.31. The zero-order chi connectivity index (χ0) is 14.4. The van der Waals surface area contributed by atoms with Crippen molar-refractivity contribution in [3.8, 4) is 11.5 Å². The number of carbonyl (C=O) groups is 1. The number of hydrogen-bond donors (Lipinski definition) is 1. The summed E-state index contributed by atoms with van der Waals surface area (Å²) < 4.78 is 10.4. The highest BCUT2D eigenvalue weighted by Crippen LogP contribution is 2.20. The van der Waals surface area contributed by atoms with Crippen molar-refractivity contribution in [3.63, 3.8) is 0 Å². The quantitative estimate of drug-likeness (QED) is 0.832. The molecule has 0 saturated heterocycles. The summed E-state index contributed by atoms with van der Waals surface area (Å²) in [6.45, 7) is 0.216. The maximum absolute atomic E-state index is 11.8. The molecule has 2 aromatic rings. The molecular weight excluding hydrogens is 276 g/mol. The topological polar surface area (TPSA) is 55.8 Å². The van der Waals surface area contributed by atoms with E-state index in [2.05, 4.69) is 0 Å². The Bertz CT molecular complexity index is 551. The number of carbonyl (C=O) groups excluding carboxylic acids is 1. The van der Waals surface area contributed by atoms with Crippen LogP contribution < -0.4 is 4.74 Å². The van der Waals surface area contributed by atoms with Gasteiger partial charge >= 0.3 is 5.97 Å². The van der Waals surface area contributed by atoms with E-state index in [0.29, 0.717) is 12.2 Å². The first-order valence-electron chi connectivity index (χ1n) is 6.21. The molecule has 106 valence electrons. The van der Waals surface area contributed by atoms with Crippen molar-refractivity contribution in [3.05, 3.63) is 46.7 Å². The zero-order valence-corrected chi connectivity index (χ0v) is 11.9. The molecular formula is C15H16O4S. The van der Waals surface area contributed by atoms with Gasteiger partial charge in [0.25, 0.3) is 0 Å². The number of rotatable bonds is 6. The molecule has 0 aliphatic carbocycles. The van der Waals surface area contributed by atoms with E-state index in [0.717, 1.165) is 4.88 Å². The molecule has 0 aliphatic heterocycles. The maximum Gasteiger partial charge on any atom is 0.312 e. The lowest BCUT2D eigenvalue weighted by Gasteiger charge is -2.15. The zero-order valence-electron chi connectivity index (χ0n) is 11.1. The van der Waals surface area contributed by atoms with E-state index in [1.165, 1.54) is 13.2 Å². The van der Waals surface area contributed by atoms with Crippen LogP contribution in [-0.4, -0.2) is 24.8 Å². The Labute approximate surface area is 121 Å². The number of thiophene rings is 1.